The highest BCUT2D eigenvalue weighted by atomic mass is 127. The zero-order chi connectivity index (χ0) is 9.14. The van der Waals surface area contributed by atoms with Crippen LogP contribution >= 0.6 is 50.1 Å². The minimum Gasteiger partial charge on any atom is -0.192 e. The number of hydrogen-bond donors (Lipinski definition) is 0. The standard InChI is InChI=1S/C8H4BrClIN/c9-3-5-1-2-7(10)8(11)6(5)4-12/h1-2H,3H2. The van der Waals surface area contributed by atoms with Gasteiger partial charge in [0.1, 0.15) is 6.07 Å². The SMILES string of the molecule is N#Cc1c(CBr)ccc(Cl)c1I. The molecule has 0 spiro atoms. The molecule has 0 atom stereocenters. The molecule has 0 saturated heterocycles. The van der Waals surface area contributed by atoms with E-state index in [2.05, 4.69) is 44.6 Å². The summed E-state index contributed by atoms with van der Waals surface area (Å²) in [6, 6.07) is 5.80. The molecule has 0 fully saturated rings. The zero-order valence-corrected chi connectivity index (χ0v) is 10.4. The Labute approximate surface area is 98.0 Å². The van der Waals surface area contributed by atoms with Gasteiger partial charge in [-0.2, -0.15) is 5.26 Å². The van der Waals surface area contributed by atoms with Gasteiger partial charge in [0.25, 0.3) is 0 Å². The molecular weight excluding hydrogens is 352 g/mol. The van der Waals surface area contributed by atoms with Crippen LogP contribution in [0.1, 0.15) is 11.1 Å². The van der Waals surface area contributed by atoms with E-state index in [0.29, 0.717) is 15.9 Å². The Morgan fingerprint density at radius 2 is 2.25 bits per heavy atom. The molecular formula is C8H4BrClIN. The molecule has 12 heavy (non-hydrogen) atoms. The van der Waals surface area contributed by atoms with E-state index >= 15 is 0 Å². The highest BCUT2D eigenvalue weighted by Crippen LogP contribution is 2.25. The molecule has 1 nitrogen and oxygen atoms in total. The number of hydrogen-bond acceptors (Lipinski definition) is 1. The van der Waals surface area contributed by atoms with Gasteiger partial charge in [-0.05, 0) is 34.2 Å². The third-order valence-corrected chi connectivity index (χ3v) is 3.80. The first-order valence-corrected chi connectivity index (χ1v) is 5.71. The Bertz CT molecular complexity index is 346. The maximum absolute atomic E-state index is 8.82. The van der Waals surface area contributed by atoms with Crippen LogP contribution in [0.5, 0.6) is 0 Å². The molecule has 0 aliphatic rings. The van der Waals surface area contributed by atoms with Crippen LogP contribution in [0.4, 0.5) is 0 Å². The van der Waals surface area contributed by atoms with Crippen LogP contribution in [0.25, 0.3) is 0 Å². The Morgan fingerprint density at radius 1 is 1.58 bits per heavy atom. The van der Waals surface area contributed by atoms with Crippen LogP contribution in [-0.4, -0.2) is 0 Å². The lowest BCUT2D eigenvalue weighted by atomic mass is 10.1. The second kappa shape index (κ2) is 4.45. The number of nitriles is 1. The van der Waals surface area contributed by atoms with Gasteiger partial charge >= 0.3 is 0 Å². The number of alkyl halides is 1. The summed E-state index contributed by atoms with van der Waals surface area (Å²) in [4.78, 5) is 0. The number of halogens is 3. The predicted octanol–water partition coefficient (Wildman–Crippen LogP) is 3.71. The molecule has 0 amide bonds. The van der Waals surface area contributed by atoms with Crippen LogP contribution in [0.15, 0.2) is 12.1 Å². The average Bonchev–Trinajstić information content (AvgIpc) is 2.09. The Balaban J connectivity index is 3.38. The first-order valence-electron chi connectivity index (χ1n) is 3.13. The summed E-state index contributed by atoms with van der Waals surface area (Å²) in [5, 5.41) is 10.1. The molecule has 0 saturated carbocycles. The smallest absolute Gasteiger partial charge is 0.101 e. The average molecular weight is 356 g/mol. The van der Waals surface area contributed by atoms with E-state index in [9.17, 15) is 0 Å². The van der Waals surface area contributed by atoms with Gasteiger partial charge < -0.3 is 0 Å². The summed E-state index contributed by atoms with van der Waals surface area (Å²) >= 11 is 11.2. The minimum atomic E-state index is 0.636. The Morgan fingerprint density at radius 3 is 2.75 bits per heavy atom. The van der Waals surface area contributed by atoms with Crippen molar-refractivity contribution in [2.45, 2.75) is 5.33 Å². The molecule has 0 N–H and O–H groups in total. The van der Waals surface area contributed by atoms with Gasteiger partial charge in [-0.3, -0.25) is 0 Å². The largest absolute Gasteiger partial charge is 0.192 e. The predicted molar refractivity (Wildman–Crippen MR) is 61.5 cm³/mol. The van der Waals surface area contributed by atoms with E-state index < -0.39 is 0 Å². The second-order valence-electron chi connectivity index (χ2n) is 2.14. The molecule has 0 radical (unpaired) electrons. The lowest BCUT2D eigenvalue weighted by molar-refractivity contribution is 1.35. The quantitative estimate of drug-likeness (QED) is 0.556. The van der Waals surface area contributed by atoms with E-state index in [1.165, 1.54) is 0 Å². The Hall–Kier alpha value is 0.210. The van der Waals surface area contributed by atoms with E-state index in [1.807, 2.05) is 6.07 Å². The molecule has 0 aliphatic heterocycles. The van der Waals surface area contributed by atoms with Gasteiger partial charge in [-0.25, -0.2) is 0 Å². The molecule has 0 unspecified atom stereocenters. The summed E-state index contributed by atoms with van der Waals surface area (Å²) in [6.45, 7) is 0. The van der Waals surface area contributed by atoms with Gasteiger partial charge in [0.05, 0.1) is 10.6 Å². The minimum absolute atomic E-state index is 0.636. The molecule has 0 heterocycles. The number of rotatable bonds is 1. The van der Waals surface area contributed by atoms with Crippen LogP contribution in [0.3, 0.4) is 0 Å². The molecule has 0 aromatic heterocycles. The van der Waals surface area contributed by atoms with E-state index in [1.54, 1.807) is 6.07 Å². The summed E-state index contributed by atoms with van der Waals surface area (Å²) in [5.41, 5.74) is 1.64. The maximum Gasteiger partial charge on any atom is 0.101 e. The van der Waals surface area contributed by atoms with E-state index in [-0.39, 0.29) is 0 Å². The number of benzene rings is 1. The van der Waals surface area contributed by atoms with Crippen molar-refractivity contribution in [1.82, 2.24) is 0 Å². The summed E-state index contributed by atoms with van der Waals surface area (Å²) < 4.78 is 0.828. The lowest BCUT2D eigenvalue weighted by Gasteiger charge is -2.02. The van der Waals surface area contributed by atoms with Crippen molar-refractivity contribution in [2.24, 2.45) is 0 Å². The molecule has 1 aromatic rings. The second-order valence-corrected chi connectivity index (χ2v) is 4.19. The van der Waals surface area contributed by atoms with Gasteiger partial charge in [0.15, 0.2) is 0 Å². The molecule has 62 valence electrons. The third kappa shape index (κ3) is 1.93. The van der Waals surface area contributed by atoms with Gasteiger partial charge in [0.2, 0.25) is 0 Å². The van der Waals surface area contributed by atoms with Crippen molar-refractivity contribution in [1.29, 1.82) is 5.26 Å². The third-order valence-electron chi connectivity index (χ3n) is 1.44. The fraction of sp³-hybridized carbons (Fsp3) is 0.125. The van der Waals surface area contributed by atoms with Crippen molar-refractivity contribution in [3.8, 4) is 6.07 Å². The first-order chi connectivity index (χ1) is 5.70. The van der Waals surface area contributed by atoms with Crippen LogP contribution in [0, 0.1) is 14.9 Å². The van der Waals surface area contributed by atoms with Gasteiger partial charge in [-0.15, -0.1) is 0 Å². The highest BCUT2D eigenvalue weighted by Gasteiger charge is 2.07. The Kier molecular flexibility index (Phi) is 3.81. The van der Waals surface area contributed by atoms with Crippen LogP contribution in [-0.2, 0) is 5.33 Å². The lowest BCUT2D eigenvalue weighted by Crippen LogP contribution is -1.90. The molecule has 1 aromatic carbocycles. The van der Waals surface area contributed by atoms with Crippen molar-refractivity contribution < 1.29 is 0 Å². The fourth-order valence-electron chi connectivity index (χ4n) is 0.823. The van der Waals surface area contributed by atoms with Gasteiger partial charge in [0, 0.05) is 8.90 Å². The molecule has 0 bridgehead atoms. The fourth-order valence-corrected chi connectivity index (χ4v) is 2.09. The van der Waals surface area contributed by atoms with Crippen molar-refractivity contribution in [3.63, 3.8) is 0 Å². The molecule has 4 heteroatoms. The summed E-state index contributed by atoms with van der Waals surface area (Å²) in [7, 11) is 0. The molecule has 0 aliphatic carbocycles. The molecule has 1 rings (SSSR count). The zero-order valence-electron chi connectivity index (χ0n) is 5.94. The van der Waals surface area contributed by atoms with Crippen molar-refractivity contribution in [3.05, 3.63) is 31.9 Å². The highest BCUT2D eigenvalue weighted by molar-refractivity contribution is 14.1. The van der Waals surface area contributed by atoms with Gasteiger partial charge in [-0.1, -0.05) is 33.6 Å². The normalized spacial score (nSPS) is 9.50. The van der Waals surface area contributed by atoms with Crippen molar-refractivity contribution >= 4 is 50.1 Å². The van der Waals surface area contributed by atoms with E-state index in [0.717, 1.165) is 9.13 Å². The van der Waals surface area contributed by atoms with Crippen LogP contribution in [0.2, 0.25) is 5.02 Å². The van der Waals surface area contributed by atoms with Crippen LogP contribution < -0.4 is 0 Å². The summed E-state index contributed by atoms with van der Waals surface area (Å²) in [6.07, 6.45) is 0. The summed E-state index contributed by atoms with van der Waals surface area (Å²) in [5.74, 6) is 0. The topological polar surface area (TPSA) is 23.8 Å². The first kappa shape index (κ1) is 10.3. The van der Waals surface area contributed by atoms with Crippen molar-refractivity contribution in [2.75, 3.05) is 0 Å². The maximum atomic E-state index is 8.82. The monoisotopic (exact) mass is 355 g/mol. The number of nitrogens with zero attached hydrogens (tertiary/aromatic N) is 1. The van der Waals surface area contributed by atoms with E-state index in [4.69, 9.17) is 16.9 Å².